The van der Waals surface area contributed by atoms with Crippen LogP contribution in [0.5, 0.6) is 5.75 Å². The SMILES string of the molecule is COc1ccc(C)cc1-n1nnnc1SCC(=O)NC1CCCC(C)C1C. The molecule has 3 atom stereocenters. The Morgan fingerprint density at radius 1 is 1.37 bits per heavy atom. The number of carbonyl (C=O) groups is 1. The van der Waals surface area contributed by atoms with Gasteiger partial charge >= 0.3 is 0 Å². The Morgan fingerprint density at radius 3 is 2.96 bits per heavy atom. The maximum Gasteiger partial charge on any atom is 0.230 e. The topological polar surface area (TPSA) is 81.9 Å². The zero-order valence-corrected chi connectivity index (χ0v) is 17.1. The third kappa shape index (κ3) is 4.61. The molecular formula is C19H27N5O2S. The number of nitrogens with zero attached hydrogens (tertiary/aromatic N) is 4. The number of aromatic nitrogens is 4. The van der Waals surface area contributed by atoms with Gasteiger partial charge in [0.15, 0.2) is 0 Å². The Bertz CT molecular complexity index is 794. The lowest BCUT2D eigenvalue weighted by Crippen LogP contribution is -2.44. The van der Waals surface area contributed by atoms with Crippen LogP contribution in [0.4, 0.5) is 0 Å². The van der Waals surface area contributed by atoms with Crippen LogP contribution in [0.25, 0.3) is 5.69 Å². The Morgan fingerprint density at radius 2 is 2.19 bits per heavy atom. The lowest BCUT2D eigenvalue weighted by molar-refractivity contribution is -0.120. The molecule has 1 aliphatic carbocycles. The van der Waals surface area contributed by atoms with E-state index < -0.39 is 0 Å². The Kier molecular flexibility index (Phi) is 6.36. The van der Waals surface area contributed by atoms with Crippen LogP contribution in [0.1, 0.15) is 38.7 Å². The molecule has 8 heteroatoms. The van der Waals surface area contributed by atoms with Crippen molar-refractivity contribution in [2.75, 3.05) is 12.9 Å². The molecule has 2 aromatic rings. The molecule has 0 bridgehead atoms. The van der Waals surface area contributed by atoms with E-state index in [9.17, 15) is 4.79 Å². The van der Waals surface area contributed by atoms with Gasteiger partial charge in [-0.05, 0) is 53.3 Å². The summed E-state index contributed by atoms with van der Waals surface area (Å²) < 4.78 is 7.04. The van der Waals surface area contributed by atoms with Crippen LogP contribution < -0.4 is 10.1 Å². The monoisotopic (exact) mass is 389 g/mol. The molecule has 27 heavy (non-hydrogen) atoms. The quantitative estimate of drug-likeness (QED) is 0.765. The fourth-order valence-corrected chi connectivity index (χ4v) is 4.24. The first-order valence-corrected chi connectivity index (χ1v) is 10.3. The van der Waals surface area contributed by atoms with Crippen LogP contribution in [0.3, 0.4) is 0 Å². The number of nitrogens with one attached hydrogen (secondary N) is 1. The van der Waals surface area contributed by atoms with E-state index in [1.165, 1.54) is 24.6 Å². The number of rotatable bonds is 6. The fourth-order valence-electron chi connectivity index (χ4n) is 3.55. The smallest absolute Gasteiger partial charge is 0.230 e. The summed E-state index contributed by atoms with van der Waals surface area (Å²) in [5.41, 5.74) is 1.84. The summed E-state index contributed by atoms with van der Waals surface area (Å²) >= 11 is 1.33. The second-order valence-electron chi connectivity index (χ2n) is 7.28. The molecule has 3 rings (SSSR count). The molecule has 1 saturated carbocycles. The summed E-state index contributed by atoms with van der Waals surface area (Å²) in [7, 11) is 1.62. The predicted octanol–water partition coefficient (Wildman–Crippen LogP) is 3.01. The highest BCUT2D eigenvalue weighted by molar-refractivity contribution is 7.99. The molecule has 7 nitrogen and oxygen atoms in total. The van der Waals surface area contributed by atoms with Crippen LogP contribution in [-0.2, 0) is 4.79 Å². The van der Waals surface area contributed by atoms with Gasteiger partial charge in [0, 0.05) is 6.04 Å². The Labute approximate surface area is 164 Å². The molecule has 1 aromatic heterocycles. The highest BCUT2D eigenvalue weighted by Gasteiger charge is 2.28. The molecule has 0 spiro atoms. The van der Waals surface area contributed by atoms with Crippen molar-refractivity contribution >= 4 is 17.7 Å². The molecule has 0 aliphatic heterocycles. The number of thioether (sulfide) groups is 1. The second kappa shape index (κ2) is 8.73. The largest absolute Gasteiger partial charge is 0.494 e. The number of aryl methyl sites for hydroxylation is 1. The Hall–Kier alpha value is -2.09. The highest BCUT2D eigenvalue weighted by Crippen LogP contribution is 2.30. The first-order valence-electron chi connectivity index (χ1n) is 9.35. The van der Waals surface area contributed by atoms with Crippen molar-refractivity contribution in [1.82, 2.24) is 25.5 Å². The van der Waals surface area contributed by atoms with Crippen molar-refractivity contribution in [3.8, 4) is 11.4 Å². The van der Waals surface area contributed by atoms with Crippen molar-refractivity contribution in [2.24, 2.45) is 11.8 Å². The van der Waals surface area contributed by atoms with Crippen LogP contribution in [0.2, 0.25) is 0 Å². The normalized spacial score (nSPS) is 22.4. The van der Waals surface area contributed by atoms with E-state index in [0.29, 0.717) is 22.7 Å². The standard InChI is InChI=1S/C19H27N5O2S/c1-12-8-9-17(26-4)16(10-12)24-19(21-22-23-24)27-11-18(25)20-15-7-5-6-13(2)14(15)3/h8-10,13-15H,5-7,11H2,1-4H3,(H,20,25). The first-order chi connectivity index (χ1) is 13.0. The summed E-state index contributed by atoms with van der Waals surface area (Å²) in [4.78, 5) is 12.4. The van der Waals surface area contributed by atoms with E-state index >= 15 is 0 Å². The molecule has 0 radical (unpaired) electrons. The number of tetrazole rings is 1. The molecular weight excluding hydrogens is 362 g/mol. The van der Waals surface area contributed by atoms with E-state index in [1.54, 1.807) is 11.8 Å². The van der Waals surface area contributed by atoms with Crippen molar-refractivity contribution in [3.05, 3.63) is 23.8 Å². The van der Waals surface area contributed by atoms with E-state index in [1.807, 2.05) is 25.1 Å². The number of amides is 1. The number of benzene rings is 1. The second-order valence-corrected chi connectivity index (χ2v) is 8.22. The van der Waals surface area contributed by atoms with Gasteiger partial charge in [0.25, 0.3) is 0 Å². The molecule has 1 heterocycles. The number of hydrogen-bond acceptors (Lipinski definition) is 6. The zero-order chi connectivity index (χ0) is 19.4. The minimum absolute atomic E-state index is 0.0247. The van der Waals surface area contributed by atoms with Crippen LogP contribution >= 0.6 is 11.8 Å². The minimum Gasteiger partial charge on any atom is -0.494 e. The zero-order valence-electron chi connectivity index (χ0n) is 16.3. The van der Waals surface area contributed by atoms with E-state index in [2.05, 4.69) is 34.7 Å². The molecule has 1 N–H and O–H groups in total. The third-order valence-corrected chi connectivity index (χ3v) is 6.31. The fraction of sp³-hybridized carbons (Fsp3) is 0.579. The summed E-state index contributed by atoms with van der Waals surface area (Å²) in [6.07, 6.45) is 3.48. The summed E-state index contributed by atoms with van der Waals surface area (Å²) in [6.45, 7) is 6.49. The van der Waals surface area contributed by atoms with Crippen molar-refractivity contribution in [2.45, 2.75) is 51.2 Å². The molecule has 0 saturated heterocycles. The molecule has 1 fully saturated rings. The van der Waals surface area contributed by atoms with E-state index in [4.69, 9.17) is 4.74 Å². The molecule has 1 aromatic carbocycles. The number of methoxy groups -OCH3 is 1. The van der Waals surface area contributed by atoms with Crippen molar-refractivity contribution < 1.29 is 9.53 Å². The van der Waals surface area contributed by atoms with Gasteiger partial charge in [0.05, 0.1) is 12.9 Å². The maximum atomic E-state index is 12.4. The van der Waals surface area contributed by atoms with Gasteiger partial charge in [-0.25, -0.2) is 0 Å². The van der Waals surface area contributed by atoms with Crippen molar-refractivity contribution in [3.63, 3.8) is 0 Å². The van der Waals surface area contributed by atoms with Gasteiger partial charge < -0.3 is 10.1 Å². The number of ether oxygens (including phenoxy) is 1. The lowest BCUT2D eigenvalue weighted by Gasteiger charge is -2.34. The van der Waals surface area contributed by atoms with Gasteiger partial charge in [-0.3, -0.25) is 4.79 Å². The van der Waals surface area contributed by atoms with Crippen LogP contribution in [-0.4, -0.2) is 45.0 Å². The predicted molar refractivity (Wildman–Crippen MR) is 105 cm³/mol. The summed E-state index contributed by atoms with van der Waals surface area (Å²) in [5.74, 6) is 2.15. The van der Waals surface area contributed by atoms with Gasteiger partial charge in [0.1, 0.15) is 11.4 Å². The van der Waals surface area contributed by atoms with Crippen molar-refractivity contribution in [1.29, 1.82) is 0 Å². The van der Waals surface area contributed by atoms with Gasteiger partial charge in [-0.15, -0.1) is 5.10 Å². The molecule has 3 unspecified atom stereocenters. The molecule has 1 amide bonds. The van der Waals surface area contributed by atoms with Crippen LogP contribution in [0, 0.1) is 18.8 Å². The summed E-state index contributed by atoms with van der Waals surface area (Å²) in [5, 5.41) is 15.7. The lowest BCUT2D eigenvalue weighted by atomic mass is 9.78. The van der Waals surface area contributed by atoms with Gasteiger partial charge in [-0.1, -0.05) is 44.5 Å². The number of hydrogen-bond donors (Lipinski definition) is 1. The maximum absolute atomic E-state index is 12.4. The molecule has 1 aliphatic rings. The average Bonchev–Trinajstić information content (AvgIpc) is 3.12. The van der Waals surface area contributed by atoms with Gasteiger partial charge in [0.2, 0.25) is 11.1 Å². The summed E-state index contributed by atoms with van der Waals surface area (Å²) in [6, 6.07) is 6.08. The minimum atomic E-state index is 0.0247. The van der Waals surface area contributed by atoms with E-state index in [0.717, 1.165) is 17.7 Å². The first kappa shape index (κ1) is 19.7. The van der Waals surface area contributed by atoms with Crippen LogP contribution in [0.15, 0.2) is 23.4 Å². The Balaban J connectivity index is 1.65. The average molecular weight is 390 g/mol. The van der Waals surface area contributed by atoms with Gasteiger partial charge in [-0.2, -0.15) is 4.68 Å². The third-order valence-electron chi connectivity index (χ3n) is 5.39. The number of carbonyl (C=O) groups excluding carboxylic acids is 1. The highest BCUT2D eigenvalue weighted by atomic mass is 32.2. The van der Waals surface area contributed by atoms with E-state index in [-0.39, 0.29) is 17.7 Å². The molecule has 146 valence electrons.